The Kier molecular flexibility index (Phi) is 4.21. The van der Waals surface area contributed by atoms with Crippen LogP contribution in [0.5, 0.6) is 0 Å². The summed E-state index contributed by atoms with van der Waals surface area (Å²) in [6, 6.07) is 2.09. The summed E-state index contributed by atoms with van der Waals surface area (Å²) in [5, 5.41) is 9.07. The van der Waals surface area contributed by atoms with E-state index in [2.05, 4.69) is 23.4 Å². The largest absolute Gasteiger partial charge is 0.396 e. The standard InChI is InChI=1S/C13H18N4OS/c1-3-9-5-6-19-11(9)7-15-13(18)12-10(14)8-17(4-2)16-12/h5-6,8H,3-4,7,14H2,1-2H3,(H,15,18). The molecule has 0 aliphatic carbocycles. The molecule has 3 N–H and O–H groups in total. The minimum atomic E-state index is -0.222. The molecule has 0 aliphatic rings. The van der Waals surface area contributed by atoms with Gasteiger partial charge in [0, 0.05) is 17.6 Å². The number of amides is 1. The average Bonchev–Trinajstić information content (AvgIpc) is 3.01. The second-order valence-electron chi connectivity index (χ2n) is 4.19. The summed E-state index contributed by atoms with van der Waals surface area (Å²) in [6.45, 7) is 5.28. The van der Waals surface area contributed by atoms with Gasteiger partial charge in [0.05, 0.1) is 12.2 Å². The molecule has 0 fully saturated rings. The Labute approximate surface area is 116 Å². The van der Waals surface area contributed by atoms with Crippen LogP contribution in [0.4, 0.5) is 5.69 Å². The average molecular weight is 278 g/mol. The molecule has 0 radical (unpaired) electrons. The van der Waals surface area contributed by atoms with Gasteiger partial charge < -0.3 is 11.1 Å². The lowest BCUT2D eigenvalue weighted by Gasteiger charge is -2.04. The zero-order valence-electron chi connectivity index (χ0n) is 11.1. The van der Waals surface area contributed by atoms with Crippen molar-refractivity contribution in [3.63, 3.8) is 0 Å². The van der Waals surface area contributed by atoms with Gasteiger partial charge in [0.2, 0.25) is 0 Å². The van der Waals surface area contributed by atoms with Crippen LogP contribution in [0.3, 0.4) is 0 Å². The molecule has 19 heavy (non-hydrogen) atoms. The molecule has 6 heteroatoms. The first kappa shape index (κ1) is 13.6. The van der Waals surface area contributed by atoms with E-state index < -0.39 is 0 Å². The minimum absolute atomic E-state index is 0.222. The van der Waals surface area contributed by atoms with E-state index in [0.29, 0.717) is 24.5 Å². The molecule has 2 rings (SSSR count). The number of rotatable bonds is 5. The van der Waals surface area contributed by atoms with Crippen molar-refractivity contribution >= 4 is 22.9 Å². The first-order chi connectivity index (χ1) is 9.15. The van der Waals surface area contributed by atoms with Crippen molar-refractivity contribution in [3.8, 4) is 0 Å². The van der Waals surface area contributed by atoms with Gasteiger partial charge in [-0.2, -0.15) is 5.10 Å². The summed E-state index contributed by atoms with van der Waals surface area (Å²) in [5.41, 5.74) is 7.78. The Bertz CT molecular complexity index is 573. The maximum Gasteiger partial charge on any atom is 0.274 e. The van der Waals surface area contributed by atoms with E-state index in [1.54, 1.807) is 22.2 Å². The van der Waals surface area contributed by atoms with Crippen LogP contribution in [0.25, 0.3) is 0 Å². The molecule has 0 aliphatic heterocycles. The molecular weight excluding hydrogens is 260 g/mol. The van der Waals surface area contributed by atoms with Crippen LogP contribution in [-0.4, -0.2) is 15.7 Å². The number of hydrogen-bond acceptors (Lipinski definition) is 4. The van der Waals surface area contributed by atoms with Crippen molar-refractivity contribution in [2.45, 2.75) is 33.4 Å². The smallest absolute Gasteiger partial charge is 0.274 e. The zero-order chi connectivity index (χ0) is 13.8. The number of aryl methyl sites for hydroxylation is 2. The van der Waals surface area contributed by atoms with E-state index in [1.165, 1.54) is 10.4 Å². The predicted molar refractivity (Wildman–Crippen MR) is 77.2 cm³/mol. The molecule has 2 heterocycles. The lowest BCUT2D eigenvalue weighted by Crippen LogP contribution is -2.24. The molecule has 0 saturated carbocycles. The van der Waals surface area contributed by atoms with Gasteiger partial charge >= 0.3 is 0 Å². The normalized spacial score (nSPS) is 10.6. The Balaban J connectivity index is 2.03. The second-order valence-corrected chi connectivity index (χ2v) is 5.19. The highest BCUT2D eigenvalue weighted by atomic mass is 32.1. The Morgan fingerprint density at radius 3 is 2.95 bits per heavy atom. The fraction of sp³-hybridized carbons (Fsp3) is 0.385. The van der Waals surface area contributed by atoms with E-state index in [0.717, 1.165) is 6.42 Å². The molecule has 0 saturated heterocycles. The lowest BCUT2D eigenvalue weighted by molar-refractivity contribution is 0.0946. The van der Waals surface area contributed by atoms with Crippen LogP contribution in [0.15, 0.2) is 17.6 Å². The Morgan fingerprint density at radius 1 is 1.53 bits per heavy atom. The fourth-order valence-corrected chi connectivity index (χ4v) is 2.77. The van der Waals surface area contributed by atoms with Crippen LogP contribution >= 0.6 is 11.3 Å². The molecule has 2 aromatic heterocycles. The first-order valence-corrected chi connectivity index (χ1v) is 7.20. The molecule has 0 spiro atoms. The molecule has 0 aromatic carbocycles. The Morgan fingerprint density at radius 2 is 2.32 bits per heavy atom. The van der Waals surface area contributed by atoms with Crippen molar-refractivity contribution in [3.05, 3.63) is 33.8 Å². The van der Waals surface area contributed by atoms with E-state index in [9.17, 15) is 4.79 Å². The van der Waals surface area contributed by atoms with E-state index >= 15 is 0 Å². The van der Waals surface area contributed by atoms with Crippen molar-refractivity contribution in [1.82, 2.24) is 15.1 Å². The van der Waals surface area contributed by atoms with Crippen LogP contribution < -0.4 is 11.1 Å². The highest BCUT2D eigenvalue weighted by molar-refractivity contribution is 7.10. The SMILES string of the molecule is CCc1ccsc1CNC(=O)c1nn(CC)cc1N. The van der Waals surface area contributed by atoms with Gasteiger partial charge in [0.15, 0.2) is 5.69 Å². The third kappa shape index (κ3) is 2.96. The van der Waals surface area contributed by atoms with Crippen molar-refractivity contribution in [1.29, 1.82) is 0 Å². The van der Waals surface area contributed by atoms with Gasteiger partial charge in [-0.3, -0.25) is 9.48 Å². The van der Waals surface area contributed by atoms with E-state index in [1.807, 2.05) is 12.3 Å². The number of nitrogen functional groups attached to an aromatic ring is 1. The molecule has 5 nitrogen and oxygen atoms in total. The fourth-order valence-electron chi connectivity index (χ4n) is 1.86. The maximum absolute atomic E-state index is 12.0. The lowest BCUT2D eigenvalue weighted by atomic mass is 10.2. The molecular formula is C13H18N4OS. The molecule has 0 bridgehead atoms. The van der Waals surface area contributed by atoms with Crippen LogP contribution in [0, 0.1) is 0 Å². The summed E-state index contributed by atoms with van der Waals surface area (Å²) in [5.74, 6) is -0.222. The summed E-state index contributed by atoms with van der Waals surface area (Å²) in [6.07, 6.45) is 2.65. The van der Waals surface area contributed by atoms with Crippen LogP contribution in [-0.2, 0) is 19.5 Å². The van der Waals surface area contributed by atoms with Crippen LogP contribution in [0.1, 0.15) is 34.8 Å². The molecule has 0 unspecified atom stereocenters. The topological polar surface area (TPSA) is 72.9 Å². The number of carbonyl (C=O) groups excluding carboxylic acids is 1. The summed E-state index contributed by atoms with van der Waals surface area (Å²) < 4.78 is 1.66. The summed E-state index contributed by atoms with van der Waals surface area (Å²) in [4.78, 5) is 13.2. The highest BCUT2D eigenvalue weighted by Gasteiger charge is 2.14. The number of thiophene rings is 1. The zero-order valence-corrected chi connectivity index (χ0v) is 12.0. The number of aromatic nitrogens is 2. The third-order valence-electron chi connectivity index (χ3n) is 2.96. The molecule has 102 valence electrons. The van der Waals surface area contributed by atoms with Crippen molar-refractivity contribution in [2.75, 3.05) is 5.73 Å². The number of nitrogens with two attached hydrogens (primary N) is 1. The van der Waals surface area contributed by atoms with Crippen molar-refractivity contribution in [2.24, 2.45) is 0 Å². The molecule has 2 aromatic rings. The third-order valence-corrected chi connectivity index (χ3v) is 3.92. The first-order valence-electron chi connectivity index (χ1n) is 6.32. The van der Waals surface area contributed by atoms with Crippen molar-refractivity contribution < 1.29 is 4.79 Å². The molecule has 1 amide bonds. The number of nitrogens with zero attached hydrogens (tertiary/aromatic N) is 2. The minimum Gasteiger partial charge on any atom is -0.396 e. The number of nitrogens with one attached hydrogen (secondary N) is 1. The molecule has 0 atom stereocenters. The van der Waals surface area contributed by atoms with Gasteiger partial charge in [0.1, 0.15) is 0 Å². The van der Waals surface area contributed by atoms with Gasteiger partial charge in [-0.05, 0) is 30.4 Å². The Hall–Kier alpha value is -1.82. The number of anilines is 1. The highest BCUT2D eigenvalue weighted by Crippen LogP contribution is 2.17. The number of carbonyl (C=O) groups is 1. The van der Waals surface area contributed by atoms with Gasteiger partial charge in [-0.25, -0.2) is 0 Å². The maximum atomic E-state index is 12.0. The van der Waals surface area contributed by atoms with E-state index in [4.69, 9.17) is 5.73 Å². The summed E-state index contributed by atoms with van der Waals surface area (Å²) >= 11 is 1.65. The van der Waals surface area contributed by atoms with E-state index in [-0.39, 0.29) is 5.91 Å². The van der Waals surface area contributed by atoms with Gasteiger partial charge in [0.25, 0.3) is 5.91 Å². The monoisotopic (exact) mass is 278 g/mol. The van der Waals surface area contributed by atoms with Crippen LogP contribution in [0.2, 0.25) is 0 Å². The predicted octanol–water partition coefficient (Wildman–Crippen LogP) is 2.04. The number of hydrogen-bond donors (Lipinski definition) is 2. The van der Waals surface area contributed by atoms with Gasteiger partial charge in [-0.15, -0.1) is 11.3 Å². The van der Waals surface area contributed by atoms with Gasteiger partial charge in [-0.1, -0.05) is 6.92 Å². The quantitative estimate of drug-likeness (QED) is 0.879. The second kappa shape index (κ2) is 5.88. The summed E-state index contributed by atoms with van der Waals surface area (Å²) in [7, 11) is 0.